The monoisotopic (exact) mass is 288 g/mol. The van der Waals surface area contributed by atoms with Crippen molar-refractivity contribution in [3.63, 3.8) is 0 Å². The highest BCUT2D eigenvalue weighted by Crippen LogP contribution is 2.22. The molecule has 102 valence electrons. The van der Waals surface area contributed by atoms with Gasteiger partial charge >= 0.3 is 0 Å². The average Bonchev–Trinajstić information content (AvgIpc) is 2.86. The van der Waals surface area contributed by atoms with E-state index in [0.29, 0.717) is 18.7 Å². The van der Waals surface area contributed by atoms with Crippen molar-refractivity contribution in [1.29, 1.82) is 0 Å². The number of rotatable bonds is 4. The lowest BCUT2D eigenvalue weighted by molar-refractivity contribution is 0.423. The molecule has 2 N–H and O–H groups in total. The number of nitrogens with one attached hydrogen (secondary N) is 1. The fourth-order valence-corrected chi connectivity index (χ4v) is 2.94. The van der Waals surface area contributed by atoms with Gasteiger partial charge in [-0.2, -0.15) is 0 Å². The highest BCUT2D eigenvalue weighted by Gasteiger charge is 2.07. The SMILES string of the molecule is Oc1c(F)cccc1CNCc1nc2ccccc2s1. The molecule has 1 heterocycles. The zero-order valence-corrected chi connectivity index (χ0v) is 11.5. The maximum absolute atomic E-state index is 13.2. The van der Waals surface area contributed by atoms with Gasteiger partial charge in [0.2, 0.25) is 0 Å². The first kappa shape index (κ1) is 13.0. The van der Waals surface area contributed by atoms with Crippen molar-refractivity contribution in [1.82, 2.24) is 10.3 Å². The normalized spacial score (nSPS) is 11.1. The molecule has 0 aliphatic rings. The number of phenolic OH excluding ortho intramolecular Hbond substituents is 1. The lowest BCUT2D eigenvalue weighted by Crippen LogP contribution is -2.12. The van der Waals surface area contributed by atoms with Gasteiger partial charge in [0.05, 0.1) is 10.2 Å². The topological polar surface area (TPSA) is 45.1 Å². The molecule has 3 nitrogen and oxygen atoms in total. The molecule has 0 bridgehead atoms. The Bertz CT molecular complexity index is 709. The quantitative estimate of drug-likeness (QED) is 0.773. The van der Waals surface area contributed by atoms with Crippen molar-refractivity contribution in [2.24, 2.45) is 0 Å². The van der Waals surface area contributed by atoms with E-state index in [2.05, 4.69) is 10.3 Å². The van der Waals surface area contributed by atoms with Gasteiger partial charge < -0.3 is 10.4 Å². The lowest BCUT2D eigenvalue weighted by atomic mass is 10.2. The zero-order valence-electron chi connectivity index (χ0n) is 10.6. The molecule has 20 heavy (non-hydrogen) atoms. The number of phenols is 1. The van der Waals surface area contributed by atoms with Crippen LogP contribution in [0.1, 0.15) is 10.6 Å². The summed E-state index contributed by atoms with van der Waals surface area (Å²) < 4.78 is 14.3. The van der Waals surface area contributed by atoms with E-state index in [1.807, 2.05) is 24.3 Å². The van der Waals surface area contributed by atoms with Crippen molar-refractivity contribution in [2.45, 2.75) is 13.1 Å². The van der Waals surface area contributed by atoms with Crippen LogP contribution in [-0.4, -0.2) is 10.1 Å². The van der Waals surface area contributed by atoms with Crippen molar-refractivity contribution >= 4 is 21.6 Å². The first-order valence-electron chi connectivity index (χ1n) is 6.25. The lowest BCUT2D eigenvalue weighted by Gasteiger charge is -2.05. The van der Waals surface area contributed by atoms with E-state index in [0.717, 1.165) is 15.2 Å². The Morgan fingerprint density at radius 2 is 1.95 bits per heavy atom. The second kappa shape index (κ2) is 5.56. The number of benzene rings is 2. The standard InChI is InChI=1S/C15H13FN2OS/c16-11-5-3-4-10(15(11)19)8-17-9-14-18-12-6-1-2-7-13(12)20-14/h1-7,17,19H,8-9H2. The zero-order chi connectivity index (χ0) is 13.9. The number of hydrogen-bond acceptors (Lipinski definition) is 4. The van der Waals surface area contributed by atoms with Crippen LogP contribution in [0.5, 0.6) is 5.75 Å². The molecular formula is C15H13FN2OS. The Hall–Kier alpha value is -1.98. The number of halogens is 1. The van der Waals surface area contributed by atoms with Crippen LogP contribution >= 0.6 is 11.3 Å². The Balaban J connectivity index is 1.66. The molecule has 0 aliphatic heterocycles. The molecule has 0 aliphatic carbocycles. The van der Waals surface area contributed by atoms with Gasteiger partial charge in [-0.1, -0.05) is 24.3 Å². The van der Waals surface area contributed by atoms with Crippen LogP contribution < -0.4 is 5.32 Å². The van der Waals surface area contributed by atoms with Crippen LogP contribution in [0, 0.1) is 5.82 Å². The van der Waals surface area contributed by atoms with E-state index in [9.17, 15) is 9.50 Å². The largest absolute Gasteiger partial charge is 0.505 e. The van der Waals surface area contributed by atoms with Crippen LogP contribution in [0.15, 0.2) is 42.5 Å². The van der Waals surface area contributed by atoms with Gasteiger partial charge in [-0.15, -0.1) is 11.3 Å². The average molecular weight is 288 g/mol. The first-order chi connectivity index (χ1) is 9.74. The summed E-state index contributed by atoms with van der Waals surface area (Å²) in [5.41, 5.74) is 1.54. The number of aromatic hydroxyl groups is 1. The summed E-state index contributed by atoms with van der Waals surface area (Å²) in [6, 6.07) is 12.5. The smallest absolute Gasteiger partial charge is 0.165 e. The second-order valence-electron chi connectivity index (χ2n) is 4.43. The van der Waals surface area contributed by atoms with Crippen LogP contribution in [-0.2, 0) is 13.1 Å². The maximum atomic E-state index is 13.2. The van der Waals surface area contributed by atoms with E-state index < -0.39 is 5.82 Å². The molecule has 3 rings (SSSR count). The Morgan fingerprint density at radius 1 is 1.10 bits per heavy atom. The van der Waals surface area contributed by atoms with Gasteiger partial charge in [0.1, 0.15) is 5.01 Å². The number of thiazole rings is 1. The highest BCUT2D eigenvalue weighted by molar-refractivity contribution is 7.18. The van der Waals surface area contributed by atoms with Crippen molar-refractivity contribution in [3.05, 3.63) is 58.9 Å². The number of aromatic nitrogens is 1. The van der Waals surface area contributed by atoms with Crippen LogP contribution in [0.2, 0.25) is 0 Å². The number of para-hydroxylation sites is 2. The van der Waals surface area contributed by atoms with E-state index >= 15 is 0 Å². The molecular weight excluding hydrogens is 275 g/mol. The summed E-state index contributed by atoms with van der Waals surface area (Å²) in [6.45, 7) is 0.995. The third-order valence-electron chi connectivity index (χ3n) is 3.00. The Labute approximate surface area is 119 Å². The fourth-order valence-electron chi connectivity index (χ4n) is 2.00. The molecule has 0 amide bonds. The molecule has 0 radical (unpaired) electrons. The first-order valence-corrected chi connectivity index (χ1v) is 7.07. The second-order valence-corrected chi connectivity index (χ2v) is 5.54. The van der Waals surface area contributed by atoms with Crippen LogP contribution in [0.4, 0.5) is 4.39 Å². The highest BCUT2D eigenvalue weighted by atomic mass is 32.1. The summed E-state index contributed by atoms with van der Waals surface area (Å²) in [4.78, 5) is 4.50. The molecule has 3 aromatic rings. The predicted octanol–water partition coefficient (Wildman–Crippen LogP) is 3.43. The minimum absolute atomic E-state index is 0.288. The third-order valence-corrected chi connectivity index (χ3v) is 4.04. The van der Waals surface area contributed by atoms with Gasteiger partial charge in [0.15, 0.2) is 11.6 Å². The molecule has 5 heteroatoms. The van der Waals surface area contributed by atoms with E-state index in [-0.39, 0.29) is 5.75 Å². The molecule has 2 aromatic carbocycles. The van der Waals surface area contributed by atoms with Crippen molar-refractivity contribution in [3.8, 4) is 5.75 Å². The number of nitrogens with zero attached hydrogens (tertiary/aromatic N) is 1. The molecule has 0 atom stereocenters. The summed E-state index contributed by atoms with van der Waals surface area (Å²) in [5.74, 6) is -0.881. The minimum Gasteiger partial charge on any atom is -0.505 e. The van der Waals surface area contributed by atoms with Crippen molar-refractivity contribution in [2.75, 3.05) is 0 Å². The van der Waals surface area contributed by atoms with E-state index in [4.69, 9.17) is 0 Å². The van der Waals surface area contributed by atoms with Gasteiger partial charge in [-0.05, 0) is 18.2 Å². The summed E-state index contributed by atoms with van der Waals surface area (Å²) >= 11 is 1.63. The van der Waals surface area contributed by atoms with Crippen LogP contribution in [0.25, 0.3) is 10.2 Å². The summed E-state index contributed by atoms with van der Waals surface area (Å²) in [7, 11) is 0. The number of fused-ring (bicyclic) bond motifs is 1. The fraction of sp³-hybridized carbons (Fsp3) is 0.133. The molecule has 0 spiro atoms. The van der Waals surface area contributed by atoms with Crippen molar-refractivity contribution < 1.29 is 9.50 Å². The minimum atomic E-state index is -0.593. The van der Waals surface area contributed by atoms with Gasteiger partial charge in [0, 0.05) is 18.7 Å². The molecule has 1 aromatic heterocycles. The maximum Gasteiger partial charge on any atom is 0.165 e. The van der Waals surface area contributed by atoms with Gasteiger partial charge in [-0.25, -0.2) is 9.37 Å². The van der Waals surface area contributed by atoms with Gasteiger partial charge in [0.25, 0.3) is 0 Å². The molecule has 0 fully saturated rings. The van der Waals surface area contributed by atoms with Crippen LogP contribution in [0.3, 0.4) is 0 Å². The number of hydrogen-bond donors (Lipinski definition) is 2. The molecule has 0 saturated carbocycles. The Morgan fingerprint density at radius 3 is 2.80 bits per heavy atom. The summed E-state index contributed by atoms with van der Waals surface area (Å²) in [5, 5.41) is 13.7. The van der Waals surface area contributed by atoms with E-state index in [1.165, 1.54) is 6.07 Å². The predicted molar refractivity (Wildman–Crippen MR) is 78.2 cm³/mol. The van der Waals surface area contributed by atoms with Gasteiger partial charge in [-0.3, -0.25) is 0 Å². The van der Waals surface area contributed by atoms with E-state index in [1.54, 1.807) is 23.5 Å². The molecule has 0 saturated heterocycles. The molecule has 0 unspecified atom stereocenters. The third kappa shape index (κ3) is 2.64. The Kier molecular flexibility index (Phi) is 3.62. The summed E-state index contributed by atoms with van der Waals surface area (Å²) in [6.07, 6.45) is 0.